The molecule has 0 spiro atoms. The normalized spacial score (nSPS) is 21.8. The van der Waals surface area contributed by atoms with Crippen LogP contribution in [0.25, 0.3) is 0 Å². The van der Waals surface area contributed by atoms with E-state index in [4.69, 9.17) is 33.7 Å². The number of oxime groups is 1. The molecule has 3 aromatic carbocycles. The van der Waals surface area contributed by atoms with Gasteiger partial charge in [0.1, 0.15) is 35.6 Å². The summed E-state index contributed by atoms with van der Waals surface area (Å²) in [6, 6.07) is 19.8. The van der Waals surface area contributed by atoms with Gasteiger partial charge in [0.05, 0.1) is 38.1 Å². The number of allylic oxidation sites excluding steroid dienone is 1. The van der Waals surface area contributed by atoms with Crippen molar-refractivity contribution in [2.24, 2.45) is 22.9 Å². The number of hydrogen-bond acceptors (Lipinski definition) is 11. The van der Waals surface area contributed by atoms with Crippen molar-refractivity contribution in [3.8, 4) is 23.0 Å². The molecule has 13 nitrogen and oxygen atoms in total. The third-order valence-corrected chi connectivity index (χ3v) is 14.1. The molecule has 6 unspecified atom stereocenters. The van der Waals surface area contributed by atoms with Gasteiger partial charge in [-0.3, -0.25) is 10.1 Å². The van der Waals surface area contributed by atoms with Gasteiger partial charge in [-0.25, -0.2) is 4.79 Å². The van der Waals surface area contributed by atoms with Gasteiger partial charge in [0.15, 0.2) is 0 Å². The van der Waals surface area contributed by atoms with E-state index in [1.54, 1.807) is 37.5 Å². The molecule has 2 aliphatic carbocycles. The molecule has 0 saturated heterocycles. The van der Waals surface area contributed by atoms with Crippen LogP contribution in [-0.4, -0.2) is 85.7 Å². The minimum absolute atomic E-state index is 0.000738. The molecule has 13 heteroatoms. The Morgan fingerprint density at radius 3 is 2.28 bits per heavy atom. The standard InChI is InChI=1S/C56H77N3O10/c1-6-8-9-10-11-12-13-14-18-27-52(62)59(3)51-38-48(58-67-39-40-23-16-15-17-24-40)45-35-41(25-19-21-32-60)44(26-20-22-33-61)53-46-36-43(29-31-49(46)69-56(51,54(45)53)66-34-7-2)68-55(63)57-47-30-28-42(64-4)37-50(47)65-5/h7,15-17,23-24,28-31,35-37,41,44,51,53-54,60-61H,2,6,8-14,18-22,25-27,32-34,38-39H2,1,3-5H3,(H,57,63). The summed E-state index contributed by atoms with van der Waals surface area (Å²) in [5.74, 6) is -0.252. The van der Waals surface area contributed by atoms with E-state index in [0.29, 0.717) is 54.4 Å². The molecular weight excluding hydrogens is 875 g/mol. The Bertz CT molecular complexity index is 2160. The Hall–Kier alpha value is -5.37. The van der Waals surface area contributed by atoms with Crippen molar-refractivity contribution in [2.75, 3.05) is 46.4 Å². The lowest BCUT2D eigenvalue weighted by Crippen LogP contribution is -2.69. The summed E-state index contributed by atoms with van der Waals surface area (Å²) in [6.45, 7) is 6.86. The fourth-order valence-corrected chi connectivity index (χ4v) is 10.6. The molecule has 6 atom stereocenters. The molecule has 1 saturated carbocycles. The summed E-state index contributed by atoms with van der Waals surface area (Å²) in [4.78, 5) is 36.2. The quantitative estimate of drug-likeness (QED) is 0.0347. The van der Waals surface area contributed by atoms with Gasteiger partial charge in [-0.1, -0.05) is 119 Å². The lowest BCUT2D eigenvalue weighted by molar-refractivity contribution is -0.255. The van der Waals surface area contributed by atoms with E-state index in [2.05, 4.69) is 24.9 Å². The first kappa shape index (κ1) is 53.0. The zero-order valence-corrected chi connectivity index (χ0v) is 41.5. The van der Waals surface area contributed by atoms with Crippen LogP contribution in [0.15, 0.2) is 96.2 Å². The van der Waals surface area contributed by atoms with E-state index in [9.17, 15) is 19.8 Å². The molecule has 3 aromatic rings. The molecule has 0 bridgehead atoms. The smallest absolute Gasteiger partial charge is 0.417 e. The van der Waals surface area contributed by atoms with Crippen molar-refractivity contribution in [2.45, 2.75) is 140 Å². The molecular formula is C56H77N3O10. The van der Waals surface area contributed by atoms with Crippen LogP contribution in [0.4, 0.5) is 10.5 Å². The highest BCUT2D eigenvalue weighted by atomic mass is 16.7. The largest absolute Gasteiger partial charge is 0.497 e. The second-order valence-electron chi connectivity index (χ2n) is 18.7. The molecule has 3 N–H and O–H groups in total. The predicted molar refractivity (Wildman–Crippen MR) is 270 cm³/mol. The van der Waals surface area contributed by atoms with Crippen molar-refractivity contribution in [1.29, 1.82) is 0 Å². The number of ether oxygens (including phenoxy) is 5. The van der Waals surface area contributed by atoms with E-state index in [1.165, 1.54) is 45.6 Å². The number of carbonyl (C=O) groups excluding carboxylic acids is 2. The first-order chi connectivity index (χ1) is 33.7. The van der Waals surface area contributed by atoms with Gasteiger partial charge in [-0.2, -0.15) is 0 Å². The number of benzene rings is 3. The number of carbonyl (C=O) groups is 2. The molecule has 6 rings (SSSR count). The minimum Gasteiger partial charge on any atom is -0.497 e. The molecule has 69 heavy (non-hydrogen) atoms. The third-order valence-electron chi connectivity index (χ3n) is 14.1. The summed E-state index contributed by atoms with van der Waals surface area (Å²) in [5, 5.41) is 27.7. The Kier molecular flexibility index (Phi) is 20.8. The number of methoxy groups -OCH3 is 2. The Labute approximate surface area is 410 Å². The zero-order valence-electron chi connectivity index (χ0n) is 41.5. The number of nitrogens with one attached hydrogen (secondary N) is 1. The SMILES string of the molecule is C=CCOC12Oc3ccc(OC(=O)Nc4ccc(OC)cc4OC)cc3C3C(CCCCO)C(CCCCO)C=C(C(=NOCc4ccccc4)CC1N(C)C(=O)CCCCCCCCCCC)C32. The summed E-state index contributed by atoms with van der Waals surface area (Å²) < 4.78 is 31.3. The number of nitrogens with zero attached hydrogens (tertiary/aromatic N) is 2. The maximum absolute atomic E-state index is 14.5. The van der Waals surface area contributed by atoms with E-state index < -0.39 is 23.8 Å². The molecule has 1 fully saturated rings. The van der Waals surface area contributed by atoms with Gasteiger partial charge in [-0.05, 0) is 85.4 Å². The van der Waals surface area contributed by atoms with Gasteiger partial charge in [0.2, 0.25) is 11.7 Å². The zero-order chi connectivity index (χ0) is 49.0. The summed E-state index contributed by atoms with van der Waals surface area (Å²) in [7, 11) is 4.93. The van der Waals surface area contributed by atoms with Crippen molar-refractivity contribution in [1.82, 2.24) is 4.90 Å². The van der Waals surface area contributed by atoms with Crippen LogP contribution in [-0.2, 0) is 21.0 Å². The summed E-state index contributed by atoms with van der Waals surface area (Å²) >= 11 is 0. The first-order valence-electron chi connectivity index (χ1n) is 25.4. The van der Waals surface area contributed by atoms with E-state index in [0.717, 1.165) is 67.4 Å². The van der Waals surface area contributed by atoms with Gasteiger partial charge in [-0.15, -0.1) is 6.58 Å². The number of aliphatic hydroxyl groups is 2. The van der Waals surface area contributed by atoms with Crippen LogP contribution in [0.3, 0.4) is 0 Å². The number of likely N-dealkylation sites (N-methyl/N-ethyl adjacent to an activating group) is 1. The van der Waals surface area contributed by atoms with Crippen LogP contribution < -0.4 is 24.3 Å². The first-order valence-corrected chi connectivity index (χ1v) is 25.4. The fourth-order valence-electron chi connectivity index (χ4n) is 10.6. The average molecular weight is 952 g/mol. The third kappa shape index (κ3) is 13.7. The van der Waals surface area contributed by atoms with Crippen LogP contribution in [0.2, 0.25) is 0 Å². The molecule has 1 aliphatic heterocycles. The number of amides is 2. The number of aliphatic hydroxyl groups excluding tert-OH is 2. The Morgan fingerprint density at radius 1 is 0.870 bits per heavy atom. The highest BCUT2D eigenvalue weighted by Gasteiger charge is 2.65. The van der Waals surface area contributed by atoms with Gasteiger partial charge < -0.3 is 43.6 Å². The Balaban J connectivity index is 1.42. The van der Waals surface area contributed by atoms with Crippen LogP contribution >= 0.6 is 0 Å². The lowest BCUT2D eigenvalue weighted by atomic mass is 9.55. The van der Waals surface area contributed by atoms with Gasteiger partial charge in [0, 0.05) is 50.7 Å². The maximum Gasteiger partial charge on any atom is 0.417 e. The molecule has 0 aromatic heterocycles. The topological polar surface area (TPSA) is 158 Å². The number of anilines is 1. The molecule has 2 amide bonds. The van der Waals surface area contributed by atoms with E-state index in [-0.39, 0.29) is 50.1 Å². The number of hydrogen-bond donors (Lipinski definition) is 3. The maximum atomic E-state index is 14.5. The Morgan fingerprint density at radius 2 is 1.58 bits per heavy atom. The number of rotatable bonds is 29. The van der Waals surface area contributed by atoms with Crippen LogP contribution in [0, 0.1) is 17.8 Å². The van der Waals surface area contributed by atoms with Crippen LogP contribution in [0.1, 0.15) is 133 Å². The number of fused-ring (bicyclic) bond motifs is 2. The molecule has 1 heterocycles. The summed E-state index contributed by atoms with van der Waals surface area (Å²) in [6.07, 6.45) is 18.8. The van der Waals surface area contributed by atoms with Gasteiger partial charge >= 0.3 is 6.09 Å². The van der Waals surface area contributed by atoms with E-state index >= 15 is 0 Å². The fraction of sp³-hybridized carbons (Fsp3) is 0.554. The van der Waals surface area contributed by atoms with Gasteiger partial charge in [0.25, 0.3) is 0 Å². The molecule has 3 aliphatic rings. The van der Waals surface area contributed by atoms with Crippen LogP contribution in [0.5, 0.6) is 23.0 Å². The van der Waals surface area contributed by atoms with Crippen molar-refractivity contribution in [3.05, 3.63) is 102 Å². The second kappa shape index (κ2) is 27.1. The van der Waals surface area contributed by atoms with E-state index in [1.807, 2.05) is 54.4 Å². The second-order valence-corrected chi connectivity index (χ2v) is 18.7. The summed E-state index contributed by atoms with van der Waals surface area (Å²) in [5.41, 5.74) is 3.88. The highest BCUT2D eigenvalue weighted by Crippen LogP contribution is 2.62. The molecule has 0 radical (unpaired) electrons. The monoisotopic (exact) mass is 952 g/mol. The average Bonchev–Trinajstić information content (AvgIpc) is 3.36. The predicted octanol–water partition coefficient (Wildman–Crippen LogP) is 11.5. The number of unbranched alkanes of at least 4 members (excludes halogenated alkanes) is 10. The minimum atomic E-state index is -1.38. The highest BCUT2D eigenvalue weighted by molar-refractivity contribution is 6.03. The van der Waals surface area contributed by atoms with Crippen molar-refractivity contribution in [3.63, 3.8) is 0 Å². The molecule has 376 valence electrons. The lowest BCUT2D eigenvalue weighted by Gasteiger charge is -2.59. The van der Waals surface area contributed by atoms with Crippen molar-refractivity contribution < 1.29 is 48.3 Å². The van der Waals surface area contributed by atoms with Crippen molar-refractivity contribution >= 4 is 23.4 Å².